The molecule has 20 heavy (non-hydrogen) atoms. The van der Waals surface area contributed by atoms with Gasteiger partial charge in [0.25, 0.3) is 5.91 Å². The highest BCUT2D eigenvalue weighted by Crippen LogP contribution is 2.20. The number of hydrogen-bond acceptors (Lipinski definition) is 4. The van der Waals surface area contributed by atoms with Crippen LogP contribution in [-0.2, 0) is 0 Å². The molecule has 3 rings (SSSR count). The van der Waals surface area contributed by atoms with Crippen LogP contribution in [0, 0.1) is 0 Å². The molecule has 0 bridgehead atoms. The topological polar surface area (TPSA) is 55.6 Å². The molecule has 3 heterocycles. The van der Waals surface area contributed by atoms with Gasteiger partial charge < -0.3 is 14.1 Å². The highest BCUT2D eigenvalue weighted by atomic mass is 79.9. The average Bonchev–Trinajstić information content (AvgIpc) is 3.08. The van der Waals surface area contributed by atoms with Crippen molar-refractivity contribution in [3.8, 4) is 5.88 Å². The largest absolute Gasteiger partial charge is 0.472 e. The van der Waals surface area contributed by atoms with Crippen LogP contribution in [0.25, 0.3) is 0 Å². The van der Waals surface area contributed by atoms with E-state index in [0.717, 1.165) is 6.42 Å². The van der Waals surface area contributed by atoms with Crippen molar-refractivity contribution in [3.05, 3.63) is 47.0 Å². The Labute approximate surface area is 124 Å². The van der Waals surface area contributed by atoms with E-state index in [2.05, 4.69) is 20.9 Å². The number of furan rings is 1. The van der Waals surface area contributed by atoms with E-state index in [-0.39, 0.29) is 12.0 Å². The molecule has 1 aliphatic heterocycles. The van der Waals surface area contributed by atoms with Gasteiger partial charge in [-0.15, -0.1) is 0 Å². The summed E-state index contributed by atoms with van der Waals surface area (Å²) in [6.45, 7) is 1.21. The molecular weight excluding hydrogens is 324 g/mol. The van der Waals surface area contributed by atoms with Gasteiger partial charge in [0, 0.05) is 25.2 Å². The van der Waals surface area contributed by atoms with Crippen LogP contribution >= 0.6 is 15.9 Å². The zero-order valence-corrected chi connectivity index (χ0v) is 12.2. The molecule has 0 aliphatic carbocycles. The van der Waals surface area contributed by atoms with Crippen molar-refractivity contribution in [1.82, 2.24) is 9.88 Å². The van der Waals surface area contributed by atoms with Crippen LogP contribution < -0.4 is 4.74 Å². The lowest BCUT2D eigenvalue weighted by Crippen LogP contribution is -2.30. The molecule has 1 fully saturated rings. The van der Waals surface area contributed by atoms with Crippen LogP contribution in [-0.4, -0.2) is 35.0 Å². The molecule has 1 aliphatic rings. The molecule has 2 aromatic rings. The molecule has 0 saturated carbocycles. The number of carbonyl (C=O) groups excluding carboxylic acids is 1. The Morgan fingerprint density at radius 3 is 3.00 bits per heavy atom. The summed E-state index contributed by atoms with van der Waals surface area (Å²) in [5, 5.41) is 0. The highest BCUT2D eigenvalue weighted by molar-refractivity contribution is 9.10. The third-order valence-corrected chi connectivity index (χ3v) is 3.57. The van der Waals surface area contributed by atoms with Crippen LogP contribution in [0.3, 0.4) is 0 Å². The quantitative estimate of drug-likeness (QED) is 0.864. The van der Waals surface area contributed by atoms with Gasteiger partial charge >= 0.3 is 0 Å². The first-order chi connectivity index (χ1) is 9.72. The number of hydrogen-bond donors (Lipinski definition) is 0. The van der Waals surface area contributed by atoms with Crippen LogP contribution in [0.4, 0.5) is 0 Å². The molecule has 6 heteroatoms. The Hall–Kier alpha value is -1.82. The molecule has 0 N–H and O–H groups in total. The summed E-state index contributed by atoms with van der Waals surface area (Å²) in [7, 11) is 0. The summed E-state index contributed by atoms with van der Waals surface area (Å²) in [4.78, 5) is 18.1. The normalized spacial score (nSPS) is 18.2. The van der Waals surface area contributed by atoms with Gasteiger partial charge in [0.15, 0.2) is 10.4 Å². The number of nitrogens with zero attached hydrogens (tertiary/aromatic N) is 2. The summed E-state index contributed by atoms with van der Waals surface area (Å²) < 4.78 is 11.6. The second kappa shape index (κ2) is 5.66. The van der Waals surface area contributed by atoms with Gasteiger partial charge in [-0.1, -0.05) is 6.07 Å². The monoisotopic (exact) mass is 336 g/mol. The SMILES string of the molecule is O=C(c1ccc(Br)o1)N1CCC(Oc2ccccn2)C1. The van der Waals surface area contributed by atoms with Crippen LogP contribution in [0.2, 0.25) is 0 Å². The third kappa shape index (κ3) is 2.85. The van der Waals surface area contributed by atoms with Crippen molar-refractivity contribution in [2.24, 2.45) is 0 Å². The first kappa shape index (κ1) is 13.2. The molecule has 1 unspecified atom stereocenters. The first-order valence-corrected chi connectivity index (χ1v) is 7.14. The van der Waals surface area contributed by atoms with E-state index in [1.54, 1.807) is 23.2 Å². The van der Waals surface area contributed by atoms with E-state index in [4.69, 9.17) is 9.15 Å². The van der Waals surface area contributed by atoms with Gasteiger partial charge in [-0.3, -0.25) is 4.79 Å². The zero-order chi connectivity index (χ0) is 13.9. The van der Waals surface area contributed by atoms with Gasteiger partial charge in [-0.25, -0.2) is 4.98 Å². The molecule has 0 radical (unpaired) electrons. The molecule has 5 nitrogen and oxygen atoms in total. The van der Waals surface area contributed by atoms with Crippen molar-refractivity contribution >= 4 is 21.8 Å². The van der Waals surface area contributed by atoms with Gasteiger partial charge in [0.2, 0.25) is 5.88 Å². The lowest BCUT2D eigenvalue weighted by atomic mass is 10.3. The number of likely N-dealkylation sites (tertiary alicyclic amines) is 1. The summed E-state index contributed by atoms with van der Waals surface area (Å²) in [5.41, 5.74) is 0. The van der Waals surface area contributed by atoms with Crippen LogP contribution in [0.1, 0.15) is 17.0 Å². The molecule has 1 saturated heterocycles. The summed E-state index contributed by atoms with van der Waals surface area (Å²) >= 11 is 3.19. The number of aromatic nitrogens is 1. The van der Waals surface area contributed by atoms with Crippen LogP contribution in [0.5, 0.6) is 5.88 Å². The van der Waals surface area contributed by atoms with Gasteiger partial charge in [-0.05, 0) is 34.1 Å². The van der Waals surface area contributed by atoms with E-state index in [1.807, 2.05) is 18.2 Å². The van der Waals surface area contributed by atoms with E-state index in [9.17, 15) is 4.79 Å². The van der Waals surface area contributed by atoms with E-state index < -0.39 is 0 Å². The van der Waals surface area contributed by atoms with Gasteiger partial charge in [0.1, 0.15) is 6.10 Å². The lowest BCUT2D eigenvalue weighted by molar-refractivity contribution is 0.0738. The van der Waals surface area contributed by atoms with Crippen LogP contribution in [0.15, 0.2) is 45.6 Å². The Morgan fingerprint density at radius 1 is 1.40 bits per heavy atom. The maximum Gasteiger partial charge on any atom is 0.289 e. The Balaban J connectivity index is 1.61. The number of halogens is 1. The number of ether oxygens (including phenoxy) is 1. The Kier molecular flexibility index (Phi) is 3.73. The molecule has 2 aromatic heterocycles. The first-order valence-electron chi connectivity index (χ1n) is 6.34. The van der Waals surface area contributed by atoms with Crippen molar-refractivity contribution in [2.45, 2.75) is 12.5 Å². The summed E-state index contributed by atoms with van der Waals surface area (Å²) in [5.74, 6) is 0.825. The average molecular weight is 337 g/mol. The van der Waals surface area contributed by atoms with Crippen molar-refractivity contribution in [3.63, 3.8) is 0 Å². The summed E-state index contributed by atoms with van der Waals surface area (Å²) in [6.07, 6.45) is 2.46. The van der Waals surface area contributed by atoms with Gasteiger partial charge in [0.05, 0.1) is 6.54 Å². The fourth-order valence-electron chi connectivity index (χ4n) is 2.18. The maximum atomic E-state index is 12.2. The highest BCUT2D eigenvalue weighted by Gasteiger charge is 2.29. The molecule has 0 aromatic carbocycles. The smallest absolute Gasteiger partial charge is 0.289 e. The summed E-state index contributed by atoms with van der Waals surface area (Å²) in [6, 6.07) is 8.91. The number of rotatable bonds is 3. The lowest BCUT2D eigenvalue weighted by Gasteiger charge is -2.15. The molecule has 104 valence electrons. The van der Waals surface area contributed by atoms with Gasteiger partial charge in [-0.2, -0.15) is 0 Å². The minimum absolute atomic E-state index is 0.0211. The van der Waals surface area contributed by atoms with Crippen molar-refractivity contribution < 1.29 is 13.9 Å². The second-order valence-corrected chi connectivity index (χ2v) is 5.33. The maximum absolute atomic E-state index is 12.2. The number of carbonyl (C=O) groups is 1. The van der Waals surface area contributed by atoms with Crippen molar-refractivity contribution in [2.75, 3.05) is 13.1 Å². The molecule has 1 atom stereocenters. The standard InChI is InChI=1S/C14H13BrN2O3/c15-12-5-4-11(20-12)14(18)17-8-6-10(9-17)19-13-3-1-2-7-16-13/h1-5,7,10H,6,8-9H2. The second-order valence-electron chi connectivity index (χ2n) is 4.55. The molecule has 1 amide bonds. The number of amides is 1. The molecular formula is C14H13BrN2O3. The molecule has 0 spiro atoms. The third-order valence-electron chi connectivity index (χ3n) is 3.14. The number of pyridine rings is 1. The minimum atomic E-state index is -0.108. The zero-order valence-electron chi connectivity index (χ0n) is 10.7. The van der Waals surface area contributed by atoms with E-state index in [0.29, 0.717) is 29.4 Å². The predicted octanol–water partition coefficient (Wildman–Crippen LogP) is 2.73. The minimum Gasteiger partial charge on any atom is -0.472 e. The fourth-order valence-corrected chi connectivity index (χ4v) is 2.49. The van der Waals surface area contributed by atoms with Crippen molar-refractivity contribution in [1.29, 1.82) is 0 Å². The van der Waals surface area contributed by atoms with E-state index in [1.165, 1.54) is 0 Å². The Bertz CT molecular complexity index is 599. The fraction of sp³-hybridized carbons (Fsp3) is 0.286. The predicted molar refractivity (Wildman–Crippen MR) is 75.6 cm³/mol. The Morgan fingerprint density at radius 2 is 2.30 bits per heavy atom. The van der Waals surface area contributed by atoms with E-state index >= 15 is 0 Å².